The van der Waals surface area contributed by atoms with E-state index in [1.54, 1.807) is 23.0 Å². The van der Waals surface area contributed by atoms with Crippen LogP contribution in [-0.2, 0) is 0 Å². The van der Waals surface area contributed by atoms with E-state index in [-0.39, 0.29) is 0 Å². The molecule has 0 spiro atoms. The first-order chi connectivity index (χ1) is 13.3. The quantitative estimate of drug-likeness (QED) is 0.146. The Balaban J connectivity index is 1.78. The Morgan fingerprint density at radius 3 is 1.63 bits per heavy atom. The topological polar surface area (TPSA) is 0 Å². The van der Waals surface area contributed by atoms with Crippen molar-refractivity contribution in [2.45, 2.75) is 0 Å². The minimum absolute atomic E-state index is 1.30. The molecule has 0 saturated heterocycles. The summed E-state index contributed by atoms with van der Waals surface area (Å²) in [5.74, 6) is 0. The first kappa shape index (κ1) is 15.5. The average molecular weight is 449 g/mol. The van der Waals surface area contributed by atoms with Crippen LogP contribution in [0.3, 0.4) is 0 Å². The Morgan fingerprint density at radius 1 is 0.370 bits per heavy atom. The van der Waals surface area contributed by atoms with Gasteiger partial charge < -0.3 is 0 Å². The maximum absolute atomic E-state index is 2.38. The van der Waals surface area contributed by atoms with Crippen LogP contribution in [0.5, 0.6) is 0 Å². The Morgan fingerprint density at radius 2 is 0.889 bits per heavy atom. The molecule has 0 heterocycles. The predicted octanol–water partition coefficient (Wildman–Crippen LogP) is 6.25. The van der Waals surface area contributed by atoms with E-state index in [9.17, 15) is 0 Å². The Hall–Kier alpha value is -2.56. The molecule has 0 aliphatic heterocycles. The molecule has 0 aliphatic carbocycles. The first-order valence-corrected chi connectivity index (χ1v) is 10.4. The summed E-state index contributed by atoms with van der Waals surface area (Å²) in [6.07, 6.45) is 0. The maximum atomic E-state index is 2.38. The molecule has 0 atom stereocenters. The van der Waals surface area contributed by atoms with Crippen molar-refractivity contribution in [2.24, 2.45) is 0 Å². The average Bonchev–Trinajstić information content (AvgIpc) is 2.70. The number of rotatable bonds is 0. The third-order valence-corrected chi connectivity index (χ3v) is 6.75. The van der Waals surface area contributed by atoms with E-state index in [2.05, 4.69) is 91.0 Å². The second-order valence-electron chi connectivity index (χ2n) is 7.26. The third kappa shape index (κ3) is 2.37. The monoisotopic (exact) mass is 448 g/mol. The fraction of sp³-hybridized carbons (Fsp3) is 0. The summed E-state index contributed by atoms with van der Waals surface area (Å²) in [6.45, 7) is 0. The van der Waals surface area contributed by atoms with Gasteiger partial charge in [-0.3, -0.25) is 0 Å². The van der Waals surface area contributed by atoms with Gasteiger partial charge in [0.05, 0.1) is 0 Å². The molecule has 0 fully saturated rings. The molecule has 2 radical (unpaired) electrons. The number of fused-ring (bicyclic) bond motifs is 6. The van der Waals surface area contributed by atoms with Crippen molar-refractivity contribution < 1.29 is 0 Å². The zero-order chi connectivity index (χ0) is 18.0. The SMILES string of the molecule is [Sb][c]1cccc2cc3ccc4cc5cc6ccccc6cc5cc4c3cc12. The van der Waals surface area contributed by atoms with Crippen molar-refractivity contribution >= 4 is 80.4 Å². The van der Waals surface area contributed by atoms with Crippen LogP contribution < -0.4 is 3.51 Å². The molecular formula is C26H15Sb. The van der Waals surface area contributed by atoms with E-state index in [0.717, 1.165) is 0 Å². The van der Waals surface area contributed by atoms with Gasteiger partial charge >= 0.3 is 171 Å². The Bertz CT molecular complexity index is 1530. The molecule has 0 bridgehead atoms. The third-order valence-electron chi connectivity index (χ3n) is 5.63. The van der Waals surface area contributed by atoms with E-state index in [0.29, 0.717) is 0 Å². The van der Waals surface area contributed by atoms with Crippen LogP contribution in [0.4, 0.5) is 0 Å². The van der Waals surface area contributed by atoms with Gasteiger partial charge in [-0.1, -0.05) is 0 Å². The summed E-state index contributed by atoms with van der Waals surface area (Å²) in [5, 5.41) is 13.2. The molecular weight excluding hydrogens is 434 g/mol. The van der Waals surface area contributed by atoms with E-state index in [4.69, 9.17) is 0 Å². The fourth-order valence-corrected chi connectivity index (χ4v) is 5.06. The van der Waals surface area contributed by atoms with Gasteiger partial charge in [-0.25, -0.2) is 0 Å². The molecule has 0 nitrogen and oxygen atoms in total. The van der Waals surface area contributed by atoms with Crippen molar-refractivity contribution in [3.05, 3.63) is 91.0 Å². The van der Waals surface area contributed by atoms with Gasteiger partial charge in [-0.05, 0) is 0 Å². The normalized spacial score (nSPS) is 11.9. The van der Waals surface area contributed by atoms with Gasteiger partial charge in [0.25, 0.3) is 0 Å². The van der Waals surface area contributed by atoms with Gasteiger partial charge in [0.1, 0.15) is 0 Å². The fourth-order valence-electron chi connectivity index (χ4n) is 4.26. The molecule has 0 N–H and O–H groups in total. The molecule has 6 rings (SSSR count). The van der Waals surface area contributed by atoms with Gasteiger partial charge in [-0.2, -0.15) is 0 Å². The molecule has 124 valence electrons. The summed E-state index contributed by atoms with van der Waals surface area (Å²) in [6, 6.07) is 33.8. The first-order valence-electron chi connectivity index (χ1n) is 9.17. The van der Waals surface area contributed by atoms with Crippen LogP contribution in [0.25, 0.3) is 53.9 Å². The molecule has 1 heteroatoms. The minimum atomic E-state index is 1.30. The van der Waals surface area contributed by atoms with Crippen molar-refractivity contribution in [1.29, 1.82) is 0 Å². The molecule has 0 amide bonds. The van der Waals surface area contributed by atoms with Gasteiger partial charge in [0.15, 0.2) is 0 Å². The molecule has 27 heavy (non-hydrogen) atoms. The summed E-state index contributed by atoms with van der Waals surface area (Å²) in [4.78, 5) is 0. The number of hydrogen-bond acceptors (Lipinski definition) is 0. The van der Waals surface area contributed by atoms with Crippen LogP contribution in [-0.4, -0.2) is 23.0 Å². The van der Waals surface area contributed by atoms with Crippen LogP contribution in [0, 0.1) is 0 Å². The van der Waals surface area contributed by atoms with E-state index >= 15 is 0 Å². The standard InChI is InChI=1S/C26H15.Sb/c1-2-7-19-13-24-16-26-22(14-23(24)12-18(19)6-1)10-9-21-11-17-5-3-4-8-20(17)15-25(21)26;/h1-7,9-16H;. The Labute approximate surface area is 170 Å². The van der Waals surface area contributed by atoms with E-state index in [1.165, 1.54) is 57.4 Å². The molecule has 0 aliphatic rings. The zero-order valence-electron chi connectivity index (χ0n) is 14.6. The Kier molecular flexibility index (Phi) is 3.28. The van der Waals surface area contributed by atoms with Crippen LogP contribution >= 0.6 is 0 Å². The summed E-state index contributed by atoms with van der Waals surface area (Å²) < 4.78 is 1.38. The van der Waals surface area contributed by atoms with Crippen LogP contribution in [0.2, 0.25) is 0 Å². The molecule has 6 aromatic rings. The van der Waals surface area contributed by atoms with Crippen molar-refractivity contribution in [2.75, 3.05) is 0 Å². The van der Waals surface area contributed by atoms with Crippen LogP contribution in [0.1, 0.15) is 0 Å². The van der Waals surface area contributed by atoms with E-state index in [1.807, 2.05) is 0 Å². The molecule has 0 unspecified atom stereocenters. The zero-order valence-corrected chi connectivity index (χ0v) is 17.2. The summed E-state index contributed by atoms with van der Waals surface area (Å²) >= 11 is 1.79. The van der Waals surface area contributed by atoms with Gasteiger partial charge in [-0.15, -0.1) is 0 Å². The van der Waals surface area contributed by atoms with E-state index < -0.39 is 0 Å². The number of hydrogen-bond donors (Lipinski definition) is 0. The predicted molar refractivity (Wildman–Crippen MR) is 119 cm³/mol. The van der Waals surface area contributed by atoms with Crippen molar-refractivity contribution in [1.82, 2.24) is 0 Å². The summed E-state index contributed by atoms with van der Waals surface area (Å²) in [5.41, 5.74) is 0. The second-order valence-corrected chi connectivity index (χ2v) is 8.63. The second kappa shape index (κ2) is 5.72. The van der Waals surface area contributed by atoms with Gasteiger partial charge in [0, 0.05) is 0 Å². The molecule has 6 aromatic carbocycles. The molecule has 0 aromatic heterocycles. The van der Waals surface area contributed by atoms with Crippen molar-refractivity contribution in [3.8, 4) is 0 Å². The van der Waals surface area contributed by atoms with Crippen LogP contribution in [0.15, 0.2) is 91.0 Å². The van der Waals surface area contributed by atoms with Crippen molar-refractivity contribution in [3.63, 3.8) is 0 Å². The number of benzene rings is 6. The molecule has 0 saturated carbocycles. The van der Waals surface area contributed by atoms with Gasteiger partial charge in [0.2, 0.25) is 0 Å². The summed E-state index contributed by atoms with van der Waals surface area (Å²) in [7, 11) is 0.